The number of rotatable bonds is 6. The Kier molecular flexibility index (Phi) is 6.19. The van der Waals surface area contributed by atoms with Crippen molar-refractivity contribution >= 4 is 28.4 Å². The van der Waals surface area contributed by atoms with Crippen LogP contribution in [0.1, 0.15) is 68.9 Å². The molecule has 7 heteroatoms. The molecule has 0 saturated carbocycles. The van der Waals surface area contributed by atoms with Crippen molar-refractivity contribution in [1.29, 1.82) is 0 Å². The van der Waals surface area contributed by atoms with Gasteiger partial charge in [-0.25, -0.2) is 4.39 Å². The van der Waals surface area contributed by atoms with Gasteiger partial charge in [-0.15, -0.1) is 0 Å². The van der Waals surface area contributed by atoms with Gasteiger partial charge in [-0.2, -0.15) is 0 Å². The summed E-state index contributed by atoms with van der Waals surface area (Å²) in [4.78, 5) is 43.5. The van der Waals surface area contributed by atoms with E-state index in [1.807, 2.05) is 24.0 Å². The molecular formula is C30H32FN3O3. The maximum Gasteiger partial charge on any atom is 0.270 e. The van der Waals surface area contributed by atoms with E-state index in [0.717, 1.165) is 67.3 Å². The first-order valence-corrected chi connectivity index (χ1v) is 13.4. The quantitative estimate of drug-likeness (QED) is 0.452. The van der Waals surface area contributed by atoms with Crippen LogP contribution in [0.3, 0.4) is 0 Å². The van der Waals surface area contributed by atoms with E-state index in [0.29, 0.717) is 30.8 Å². The number of ketones is 2. The van der Waals surface area contributed by atoms with Gasteiger partial charge in [-0.1, -0.05) is 0 Å². The summed E-state index contributed by atoms with van der Waals surface area (Å²) in [5.74, 6) is -0.0978. The molecule has 2 aromatic carbocycles. The fourth-order valence-corrected chi connectivity index (χ4v) is 6.52. The third-order valence-electron chi connectivity index (χ3n) is 8.41. The fraction of sp³-hybridized carbons (Fsp3) is 0.433. The first-order valence-electron chi connectivity index (χ1n) is 13.4. The zero-order valence-electron chi connectivity index (χ0n) is 21.2. The van der Waals surface area contributed by atoms with Gasteiger partial charge in [0.1, 0.15) is 11.5 Å². The normalized spacial score (nSPS) is 21.8. The van der Waals surface area contributed by atoms with Gasteiger partial charge in [0, 0.05) is 61.1 Å². The number of aromatic nitrogens is 1. The fourth-order valence-electron chi connectivity index (χ4n) is 6.52. The molecule has 6 rings (SSSR count). The highest BCUT2D eigenvalue weighted by Gasteiger charge is 2.34. The zero-order chi connectivity index (χ0) is 25.7. The van der Waals surface area contributed by atoms with E-state index in [9.17, 15) is 18.8 Å². The van der Waals surface area contributed by atoms with Gasteiger partial charge in [0.2, 0.25) is 0 Å². The maximum absolute atomic E-state index is 13.8. The van der Waals surface area contributed by atoms with E-state index in [2.05, 4.69) is 15.5 Å². The largest absolute Gasteiger partial charge is 0.335 e. The number of carbonyl (C=O) groups is 3. The summed E-state index contributed by atoms with van der Waals surface area (Å²) in [6.07, 6.45) is 4.10. The number of amides is 1. The van der Waals surface area contributed by atoms with Crippen LogP contribution in [-0.4, -0.2) is 64.1 Å². The second-order valence-electron chi connectivity index (χ2n) is 10.8. The monoisotopic (exact) mass is 501 g/mol. The third-order valence-corrected chi connectivity index (χ3v) is 8.41. The third kappa shape index (κ3) is 4.39. The number of nitrogens with zero attached hydrogens (tertiary/aromatic N) is 3. The Balaban J connectivity index is 1.12. The number of carbonyl (C=O) groups excluding carboxylic acids is 3. The molecule has 2 saturated heterocycles. The van der Waals surface area contributed by atoms with Gasteiger partial charge in [-0.3, -0.25) is 14.4 Å². The van der Waals surface area contributed by atoms with E-state index >= 15 is 0 Å². The number of halogens is 1. The van der Waals surface area contributed by atoms with Crippen LogP contribution in [0.2, 0.25) is 0 Å². The number of Topliss-reactive ketones (excluding diaryl/α,β-unsaturated/α-hetero) is 2. The molecule has 2 atom stereocenters. The Morgan fingerprint density at radius 2 is 1.84 bits per heavy atom. The van der Waals surface area contributed by atoms with Crippen LogP contribution >= 0.6 is 0 Å². The van der Waals surface area contributed by atoms with Crippen molar-refractivity contribution in [2.24, 2.45) is 5.92 Å². The van der Waals surface area contributed by atoms with Gasteiger partial charge in [0.15, 0.2) is 11.6 Å². The molecule has 0 radical (unpaired) electrons. The van der Waals surface area contributed by atoms with Crippen LogP contribution < -0.4 is 0 Å². The van der Waals surface area contributed by atoms with Crippen LogP contribution in [0, 0.1) is 18.7 Å². The van der Waals surface area contributed by atoms with Crippen molar-refractivity contribution in [1.82, 2.24) is 14.4 Å². The topological polar surface area (TPSA) is 62.6 Å². The average Bonchev–Trinajstić information content (AvgIpc) is 3.63. The number of hydrogen-bond acceptors (Lipinski definition) is 4. The van der Waals surface area contributed by atoms with Crippen LogP contribution in [0.15, 0.2) is 42.5 Å². The van der Waals surface area contributed by atoms with Crippen molar-refractivity contribution in [3.63, 3.8) is 0 Å². The summed E-state index contributed by atoms with van der Waals surface area (Å²) in [6.45, 7) is 5.71. The lowest BCUT2D eigenvalue weighted by Crippen LogP contribution is -2.39. The predicted molar refractivity (Wildman–Crippen MR) is 140 cm³/mol. The van der Waals surface area contributed by atoms with Crippen molar-refractivity contribution in [2.75, 3.05) is 26.2 Å². The molecule has 1 amide bonds. The summed E-state index contributed by atoms with van der Waals surface area (Å²) in [5, 5.41) is 0.969. The first kappa shape index (κ1) is 24.0. The van der Waals surface area contributed by atoms with Crippen LogP contribution in [0.25, 0.3) is 10.9 Å². The second-order valence-corrected chi connectivity index (χ2v) is 10.8. The van der Waals surface area contributed by atoms with Gasteiger partial charge in [-0.05, 0) is 87.2 Å². The van der Waals surface area contributed by atoms with E-state index < -0.39 is 0 Å². The molecule has 2 fully saturated rings. The van der Waals surface area contributed by atoms with Gasteiger partial charge in [0.25, 0.3) is 5.91 Å². The van der Waals surface area contributed by atoms with Crippen molar-refractivity contribution < 1.29 is 18.8 Å². The minimum atomic E-state index is -0.332. The van der Waals surface area contributed by atoms with Crippen molar-refractivity contribution in [3.05, 3.63) is 70.7 Å². The standard InChI is InChI=1S/C30H32FN3O3/c1-19-15-22-17-26(34-14-10-27(35)25(16-19)28(22)34)30(37)33-11-2-3-24(33)9-13-32-12-8-21(18-32)29(36)20-4-6-23(31)7-5-20/h4-7,15-17,21,24H,2-3,8-14,18H2,1H3/t21?,24-/m0/s1. The molecule has 37 heavy (non-hydrogen) atoms. The molecule has 3 aliphatic heterocycles. The minimum absolute atomic E-state index is 0.0578. The number of hydrogen-bond donors (Lipinski definition) is 0. The Labute approximate surface area is 216 Å². The van der Waals surface area contributed by atoms with Crippen LogP contribution in [0.5, 0.6) is 0 Å². The lowest BCUT2D eigenvalue weighted by Gasteiger charge is -2.27. The molecule has 3 aliphatic rings. The van der Waals surface area contributed by atoms with Gasteiger partial charge < -0.3 is 14.4 Å². The maximum atomic E-state index is 13.8. The highest BCUT2D eigenvalue weighted by atomic mass is 19.1. The van der Waals surface area contributed by atoms with Gasteiger partial charge in [0.05, 0.1) is 5.52 Å². The average molecular weight is 502 g/mol. The van der Waals surface area contributed by atoms with E-state index in [-0.39, 0.29) is 35.3 Å². The van der Waals surface area contributed by atoms with Gasteiger partial charge >= 0.3 is 0 Å². The van der Waals surface area contributed by atoms with E-state index in [1.54, 1.807) is 12.1 Å². The van der Waals surface area contributed by atoms with E-state index in [1.165, 1.54) is 12.1 Å². The molecule has 0 bridgehead atoms. The number of aryl methyl sites for hydroxylation is 2. The second kappa shape index (κ2) is 9.53. The molecule has 0 spiro atoms. The number of likely N-dealkylation sites (tertiary alicyclic amines) is 2. The molecule has 1 unspecified atom stereocenters. The van der Waals surface area contributed by atoms with Crippen molar-refractivity contribution in [3.8, 4) is 0 Å². The summed E-state index contributed by atoms with van der Waals surface area (Å²) < 4.78 is 15.3. The lowest BCUT2D eigenvalue weighted by atomic mass is 9.97. The first-order chi connectivity index (χ1) is 17.9. The Morgan fingerprint density at radius 1 is 1.03 bits per heavy atom. The molecule has 4 heterocycles. The molecule has 6 nitrogen and oxygen atoms in total. The number of benzene rings is 2. The predicted octanol–water partition coefficient (Wildman–Crippen LogP) is 4.87. The SMILES string of the molecule is Cc1cc2c3c(c1)cc(C(=O)N1CCC[C@H]1CCN1CCC(C(=O)c4ccc(F)cc4)C1)n3CCC2=O. The zero-order valence-corrected chi connectivity index (χ0v) is 21.2. The smallest absolute Gasteiger partial charge is 0.270 e. The molecule has 0 aliphatic carbocycles. The highest BCUT2D eigenvalue weighted by Crippen LogP contribution is 2.32. The molecule has 1 aromatic heterocycles. The molecule has 0 N–H and O–H groups in total. The summed E-state index contributed by atoms with van der Waals surface area (Å²) in [7, 11) is 0. The Morgan fingerprint density at radius 3 is 2.65 bits per heavy atom. The van der Waals surface area contributed by atoms with Crippen LogP contribution in [0.4, 0.5) is 4.39 Å². The van der Waals surface area contributed by atoms with Crippen LogP contribution in [-0.2, 0) is 6.54 Å². The summed E-state index contributed by atoms with van der Waals surface area (Å²) in [5.41, 5.74) is 3.93. The molecular weight excluding hydrogens is 469 g/mol. The summed E-state index contributed by atoms with van der Waals surface area (Å²) >= 11 is 0. The molecule has 3 aromatic rings. The lowest BCUT2D eigenvalue weighted by molar-refractivity contribution is 0.0710. The van der Waals surface area contributed by atoms with Crippen molar-refractivity contribution in [2.45, 2.75) is 51.6 Å². The Bertz CT molecular complexity index is 1390. The summed E-state index contributed by atoms with van der Waals surface area (Å²) in [6, 6.07) is 12.0. The minimum Gasteiger partial charge on any atom is -0.335 e. The molecule has 192 valence electrons. The van der Waals surface area contributed by atoms with E-state index in [4.69, 9.17) is 0 Å². The Hall–Kier alpha value is -3.32. The highest BCUT2D eigenvalue weighted by molar-refractivity contribution is 6.11.